The number of aromatic hydroxyl groups is 1. The maximum absolute atomic E-state index is 13.8. The van der Waals surface area contributed by atoms with Gasteiger partial charge in [-0.1, -0.05) is 11.6 Å². The van der Waals surface area contributed by atoms with Gasteiger partial charge in [-0.25, -0.2) is 0 Å². The highest BCUT2D eigenvalue weighted by Gasteiger charge is 2.40. The van der Waals surface area contributed by atoms with Crippen LogP contribution in [0.5, 0.6) is 23.0 Å². The normalized spacial score (nSPS) is 21.5. The molecule has 2 heterocycles. The van der Waals surface area contributed by atoms with Crippen molar-refractivity contribution in [2.24, 2.45) is 0 Å². The summed E-state index contributed by atoms with van der Waals surface area (Å²) >= 11 is 0. The van der Waals surface area contributed by atoms with E-state index in [9.17, 15) is 25.2 Å². The molecule has 0 unspecified atom stereocenters. The molecule has 0 amide bonds. The number of hydrogen-bond donors (Lipinski definition) is 4. The van der Waals surface area contributed by atoms with Crippen LogP contribution in [-0.4, -0.2) is 65.9 Å². The Kier molecular flexibility index (Phi) is 7.74. The first kappa shape index (κ1) is 26.5. The Hall–Kier alpha value is -3.57. The minimum Gasteiger partial charge on any atom is -0.507 e. The molecule has 3 aromatic rings. The van der Waals surface area contributed by atoms with E-state index in [4.69, 9.17) is 23.4 Å². The van der Waals surface area contributed by atoms with Gasteiger partial charge in [-0.3, -0.25) is 4.79 Å². The fourth-order valence-electron chi connectivity index (χ4n) is 4.08. The summed E-state index contributed by atoms with van der Waals surface area (Å²) < 4.78 is 28.1. The predicted molar refractivity (Wildman–Crippen MR) is 134 cm³/mol. The van der Waals surface area contributed by atoms with Gasteiger partial charge in [-0.15, -0.1) is 0 Å². The number of aliphatic hydroxyl groups is 3. The van der Waals surface area contributed by atoms with E-state index in [1.54, 1.807) is 24.3 Å². The quantitative estimate of drug-likeness (QED) is 0.347. The molecule has 4 atom stereocenters. The number of hydrogen-bond acceptors (Lipinski definition) is 10. The van der Waals surface area contributed by atoms with Crippen molar-refractivity contribution in [3.8, 4) is 34.3 Å². The molecule has 2 aromatic carbocycles. The zero-order chi connectivity index (χ0) is 26.9. The van der Waals surface area contributed by atoms with E-state index in [1.807, 2.05) is 19.9 Å². The molecule has 198 valence electrons. The number of fused-ring (bicyclic) bond motifs is 1. The third kappa shape index (κ3) is 5.14. The van der Waals surface area contributed by atoms with Crippen molar-refractivity contribution >= 4 is 11.0 Å². The zero-order valence-corrected chi connectivity index (χ0v) is 20.9. The molecule has 0 spiro atoms. The van der Waals surface area contributed by atoms with Crippen LogP contribution in [0.3, 0.4) is 0 Å². The Morgan fingerprint density at radius 1 is 1.08 bits per heavy atom. The number of ether oxygens (including phenoxy) is 4. The highest BCUT2D eigenvalue weighted by atomic mass is 16.7. The van der Waals surface area contributed by atoms with E-state index >= 15 is 0 Å². The topological polar surface area (TPSA) is 148 Å². The number of phenols is 1. The van der Waals surface area contributed by atoms with Crippen molar-refractivity contribution in [2.45, 2.75) is 44.9 Å². The van der Waals surface area contributed by atoms with Gasteiger partial charge in [0.25, 0.3) is 0 Å². The van der Waals surface area contributed by atoms with E-state index in [0.717, 1.165) is 5.57 Å². The maximum atomic E-state index is 13.8. The largest absolute Gasteiger partial charge is 0.507 e. The van der Waals surface area contributed by atoms with Crippen LogP contribution in [0.1, 0.15) is 19.4 Å². The fourth-order valence-corrected chi connectivity index (χ4v) is 4.08. The second-order valence-electron chi connectivity index (χ2n) is 8.95. The average molecular weight is 515 g/mol. The molecule has 1 saturated heterocycles. The van der Waals surface area contributed by atoms with Gasteiger partial charge in [0, 0.05) is 17.2 Å². The molecule has 0 aliphatic carbocycles. The minimum absolute atomic E-state index is 0.00247. The standard InChI is InChI=1S/C27H30O10/c1-13(2)5-10-16-19(34-4)11-17(28)20-22(31)26(37-27-23(32)21(30)18(29)12-35-27)24(36-25(16)20)14-6-8-15(33-3)9-7-14/h5-9,11,18,21,23,27-30,32H,10,12H2,1-4H3/t18-,21+,23-,27+/m1/s1. The highest BCUT2D eigenvalue weighted by molar-refractivity contribution is 5.91. The molecule has 0 radical (unpaired) electrons. The Balaban J connectivity index is 1.98. The van der Waals surface area contributed by atoms with Gasteiger partial charge in [0.05, 0.1) is 20.8 Å². The molecule has 0 bridgehead atoms. The van der Waals surface area contributed by atoms with E-state index < -0.39 is 30.0 Å². The molecule has 10 nitrogen and oxygen atoms in total. The monoisotopic (exact) mass is 514 g/mol. The summed E-state index contributed by atoms with van der Waals surface area (Å²) in [5.74, 6) is 0.180. The van der Waals surface area contributed by atoms with Gasteiger partial charge in [-0.2, -0.15) is 0 Å². The lowest BCUT2D eigenvalue weighted by atomic mass is 10.0. The van der Waals surface area contributed by atoms with Crippen molar-refractivity contribution in [3.05, 3.63) is 57.8 Å². The zero-order valence-electron chi connectivity index (χ0n) is 20.9. The van der Waals surface area contributed by atoms with E-state index in [-0.39, 0.29) is 34.8 Å². The van der Waals surface area contributed by atoms with E-state index in [1.165, 1.54) is 20.3 Å². The van der Waals surface area contributed by atoms with Gasteiger partial charge in [0.15, 0.2) is 5.76 Å². The average Bonchev–Trinajstić information content (AvgIpc) is 2.89. The first-order valence-electron chi connectivity index (χ1n) is 11.7. The number of phenolic OH excluding ortho intramolecular Hbond substituents is 1. The lowest BCUT2D eigenvalue weighted by molar-refractivity contribution is -0.242. The SMILES string of the molecule is COc1ccc(-c2oc3c(CC=C(C)C)c(OC)cc(O)c3c(=O)c2O[C@@H]2OC[C@@H](O)[C@H](O)[C@H]2O)cc1. The summed E-state index contributed by atoms with van der Waals surface area (Å²) in [5, 5.41) is 40.9. The Morgan fingerprint density at radius 3 is 2.41 bits per heavy atom. The summed E-state index contributed by atoms with van der Waals surface area (Å²) in [6.07, 6.45) is -3.71. The first-order chi connectivity index (χ1) is 17.7. The van der Waals surface area contributed by atoms with E-state index in [0.29, 0.717) is 29.0 Å². The lowest BCUT2D eigenvalue weighted by Gasteiger charge is -2.35. The van der Waals surface area contributed by atoms with Crippen LogP contribution in [-0.2, 0) is 11.2 Å². The lowest BCUT2D eigenvalue weighted by Crippen LogP contribution is -2.55. The molecule has 10 heteroatoms. The molecule has 1 aliphatic heterocycles. The van der Waals surface area contributed by atoms with Crippen molar-refractivity contribution < 1.29 is 43.8 Å². The van der Waals surface area contributed by atoms with Gasteiger partial charge in [-0.05, 0) is 44.5 Å². The van der Waals surface area contributed by atoms with E-state index in [2.05, 4.69) is 0 Å². The van der Waals surface area contributed by atoms with Gasteiger partial charge < -0.3 is 43.8 Å². The summed E-state index contributed by atoms with van der Waals surface area (Å²) in [5.41, 5.74) is 1.41. The Labute approximate surface area is 212 Å². The summed E-state index contributed by atoms with van der Waals surface area (Å²) in [6, 6.07) is 7.98. The second kappa shape index (κ2) is 10.8. The third-order valence-electron chi connectivity index (χ3n) is 6.14. The molecular weight excluding hydrogens is 484 g/mol. The van der Waals surface area contributed by atoms with Crippen molar-refractivity contribution in [3.63, 3.8) is 0 Å². The minimum atomic E-state index is -1.65. The molecule has 4 rings (SSSR count). The smallest absolute Gasteiger partial charge is 0.239 e. The third-order valence-corrected chi connectivity index (χ3v) is 6.14. The van der Waals surface area contributed by atoms with Crippen LogP contribution in [0.2, 0.25) is 0 Å². The highest BCUT2D eigenvalue weighted by Crippen LogP contribution is 2.40. The molecule has 0 saturated carbocycles. The molecule has 1 aromatic heterocycles. The summed E-state index contributed by atoms with van der Waals surface area (Å²) in [4.78, 5) is 13.8. The maximum Gasteiger partial charge on any atom is 0.239 e. The summed E-state index contributed by atoms with van der Waals surface area (Å²) in [6.45, 7) is 3.54. The molecule has 1 fully saturated rings. The molecule has 37 heavy (non-hydrogen) atoms. The van der Waals surface area contributed by atoms with Gasteiger partial charge in [0.2, 0.25) is 17.5 Å². The van der Waals surface area contributed by atoms with Crippen LogP contribution < -0.4 is 19.6 Å². The van der Waals surface area contributed by atoms with Crippen molar-refractivity contribution in [2.75, 3.05) is 20.8 Å². The van der Waals surface area contributed by atoms with Crippen LogP contribution in [0.4, 0.5) is 0 Å². The predicted octanol–water partition coefficient (Wildman–Crippen LogP) is 2.51. The molecule has 4 N–H and O–H groups in total. The van der Waals surface area contributed by atoms with Crippen LogP contribution >= 0.6 is 0 Å². The summed E-state index contributed by atoms with van der Waals surface area (Å²) in [7, 11) is 2.97. The first-order valence-corrected chi connectivity index (χ1v) is 11.7. The van der Waals surface area contributed by atoms with Gasteiger partial charge in [0.1, 0.15) is 46.5 Å². The Bertz CT molecular complexity index is 1350. The van der Waals surface area contributed by atoms with Crippen molar-refractivity contribution in [1.82, 2.24) is 0 Å². The number of rotatable bonds is 7. The van der Waals surface area contributed by atoms with Crippen LogP contribution in [0, 0.1) is 0 Å². The van der Waals surface area contributed by atoms with Crippen LogP contribution in [0.15, 0.2) is 51.2 Å². The molecule has 1 aliphatic rings. The molecular formula is C27H30O10. The fraction of sp³-hybridized carbons (Fsp3) is 0.370. The van der Waals surface area contributed by atoms with Crippen LogP contribution in [0.25, 0.3) is 22.3 Å². The Morgan fingerprint density at radius 2 is 1.78 bits per heavy atom. The number of benzene rings is 2. The number of allylic oxidation sites excluding steroid dienone is 2. The number of methoxy groups -OCH3 is 2. The van der Waals surface area contributed by atoms with Gasteiger partial charge >= 0.3 is 0 Å². The second-order valence-corrected chi connectivity index (χ2v) is 8.95. The van der Waals surface area contributed by atoms with Crippen molar-refractivity contribution in [1.29, 1.82) is 0 Å². The number of aliphatic hydroxyl groups excluding tert-OH is 3.